The molecule has 0 aliphatic carbocycles. The molecule has 15 amide bonds. The van der Waals surface area contributed by atoms with Crippen LogP contribution in [-0.4, -0.2) is 281 Å². The summed E-state index contributed by atoms with van der Waals surface area (Å²) in [4.78, 5) is 258. The highest BCUT2D eigenvalue weighted by atomic mass is 32.2. The lowest BCUT2D eigenvalue weighted by molar-refractivity contribution is -0.152. The third-order valence-corrected chi connectivity index (χ3v) is 25.1. The Balaban J connectivity index is 1.13. The van der Waals surface area contributed by atoms with Crippen molar-refractivity contribution in [3.05, 3.63) is 173 Å². The molecule has 13 atom stereocenters. The smallest absolute Gasteiger partial charge is 0.305 e. The van der Waals surface area contributed by atoms with Crippen LogP contribution in [0.1, 0.15) is 114 Å². The summed E-state index contributed by atoms with van der Waals surface area (Å²) in [7, 11) is 3.66. The molecule has 5 aromatic carbocycles. The van der Waals surface area contributed by atoms with Crippen molar-refractivity contribution >= 4 is 135 Å². The van der Waals surface area contributed by atoms with Gasteiger partial charge in [-0.3, -0.25) is 81.5 Å². The molecular weight excluding hydrogens is 1760 g/mol. The number of carbonyl (C=O) groups is 17. The second-order valence-electron chi connectivity index (χ2n) is 33.7. The first kappa shape index (κ1) is 103. The fourth-order valence-electron chi connectivity index (χ4n) is 15.9. The van der Waals surface area contributed by atoms with Gasteiger partial charge in [-0.1, -0.05) is 138 Å². The van der Waals surface area contributed by atoms with E-state index < -0.39 is 246 Å². The monoisotopic (exact) mass is 1870 g/mol. The van der Waals surface area contributed by atoms with Gasteiger partial charge in [0.25, 0.3) is 0 Å². The van der Waals surface area contributed by atoms with Gasteiger partial charge in [-0.25, -0.2) is 13.2 Å². The third kappa shape index (κ3) is 28.2. The second kappa shape index (κ2) is 48.2. The number of para-hydroxylation sites is 1. The largest absolute Gasteiger partial charge is 0.508 e. The van der Waals surface area contributed by atoms with Crippen molar-refractivity contribution in [3.8, 4) is 5.75 Å². The molecule has 3 aliphatic heterocycles. The van der Waals surface area contributed by atoms with Crippen LogP contribution >= 0.6 is 23.5 Å². The van der Waals surface area contributed by atoms with Gasteiger partial charge in [0.1, 0.15) is 84.3 Å². The number of nitrogens with zero attached hydrogens (tertiary/aromatic N) is 5. The highest BCUT2D eigenvalue weighted by Gasteiger charge is 2.47. The summed E-state index contributed by atoms with van der Waals surface area (Å²) in [6.45, 7) is 7.31. The number of likely N-dealkylation sites (N-methyl/N-ethyl adjacent to an activating group) is 3. The van der Waals surface area contributed by atoms with Crippen molar-refractivity contribution in [2.45, 2.75) is 197 Å². The van der Waals surface area contributed by atoms with Gasteiger partial charge in [0.15, 0.2) is 17.5 Å². The Morgan fingerprint density at radius 3 is 1.66 bits per heavy atom. The summed E-state index contributed by atoms with van der Waals surface area (Å²) < 4.78 is 45.0. The number of carboxylic acids is 2. The Morgan fingerprint density at radius 1 is 0.515 bits per heavy atom. The van der Waals surface area contributed by atoms with Crippen LogP contribution in [0.25, 0.3) is 10.9 Å². The molecule has 1 aromatic heterocycles. The number of rotatable bonds is 23. The molecule has 6 aromatic rings. The number of benzene rings is 5. The number of phenols is 1. The normalized spacial score (nSPS) is 23.7. The molecule has 710 valence electrons. The number of carbonyl (C=O) groups excluding carboxylic acids is 15. The van der Waals surface area contributed by atoms with Crippen LogP contribution in [0, 0.1) is 29.3 Å². The van der Waals surface area contributed by atoms with E-state index in [1.54, 1.807) is 112 Å². The second-order valence-corrected chi connectivity index (χ2v) is 35.7. The highest BCUT2D eigenvalue weighted by molar-refractivity contribution is 8.00. The summed E-state index contributed by atoms with van der Waals surface area (Å²) in [5.41, 5.74) is 7.35. The zero-order valence-corrected chi connectivity index (χ0v) is 75.9. The lowest BCUT2D eigenvalue weighted by Crippen LogP contribution is -2.62. The lowest BCUT2D eigenvalue weighted by Gasteiger charge is -2.38. The number of unbranched alkanes of at least 4 members (excludes halogenated alkanes) is 1. The Bertz CT molecular complexity index is 5170. The zero-order valence-electron chi connectivity index (χ0n) is 74.3. The molecule has 4 heterocycles. The summed E-state index contributed by atoms with van der Waals surface area (Å²) >= 11 is 1.71. The van der Waals surface area contributed by atoms with E-state index in [0.29, 0.717) is 63.5 Å². The summed E-state index contributed by atoms with van der Waals surface area (Å²) in [6, 6.07) is 8.15. The molecule has 0 bridgehead atoms. The van der Waals surface area contributed by atoms with Crippen molar-refractivity contribution in [3.63, 3.8) is 0 Å². The molecule has 0 spiro atoms. The average molecular weight is 1870 g/mol. The van der Waals surface area contributed by atoms with Gasteiger partial charge < -0.3 is 98.4 Å². The number of aliphatic carboxylic acids is 2. The van der Waals surface area contributed by atoms with Gasteiger partial charge in [0.2, 0.25) is 88.6 Å². The highest BCUT2D eigenvalue weighted by Crippen LogP contribution is 2.29. The Labute approximate surface area is 768 Å². The fraction of sp³-hybridized carbons (Fsp3) is 0.462. The van der Waals surface area contributed by atoms with Crippen LogP contribution in [0.5, 0.6) is 5.75 Å². The van der Waals surface area contributed by atoms with Crippen molar-refractivity contribution in [2.75, 3.05) is 57.4 Å². The van der Waals surface area contributed by atoms with Crippen LogP contribution in [-0.2, 0) is 114 Å². The van der Waals surface area contributed by atoms with Crippen molar-refractivity contribution in [1.29, 1.82) is 0 Å². The predicted octanol–water partition coefficient (Wildman–Crippen LogP) is 2.25. The molecule has 132 heavy (non-hydrogen) atoms. The van der Waals surface area contributed by atoms with Gasteiger partial charge in [-0.2, -0.15) is 0 Å². The van der Waals surface area contributed by atoms with Crippen molar-refractivity contribution < 1.29 is 110 Å². The van der Waals surface area contributed by atoms with Gasteiger partial charge in [-0.05, 0) is 95.7 Å². The first-order valence-corrected chi connectivity index (χ1v) is 45.6. The van der Waals surface area contributed by atoms with Crippen molar-refractivity contribution in [1.82, 2.24) is 77.3 Å². The minimum Gasteiger partial charge on any atom is -0.508 e. The van der Waals surface area contributed by atoms with E-state index in [-0.39, 0.29) is 87.3 Å². The van der Waals surface area contributed by atoms with E-state index in [1.807, 2.05) is 0 Å². The standard InChI is InChI=1S/C91H113F3N16O20S2/c1-9-10-26-69-90(129)109-32-19-27-68(109)84(123)102-64(41-75(114)115)83(122)105-78(50(4)5)91(130)107(7)70(38-51-20-13-11-14-21-51)85(124)103-66(42-76(116)117)88(127)110-48-132-46-72(110)86(125)101-63(40-55-43-96-60-25-18-17-24-57(55)60)82(121)100-62(36-53-28-30-56(111)31-29-53)81(120)99-61(33-49(2)3)80(119)104-67(79(118)97-44-73(95)112)45-131-47-74(113)98-65(37-54-34-58(92)77(94)59(93)35-54)87(126)108(8)71(89(128)106(69)6)39-52-22-15-12-16-23-52/h11-18,20-25,28-31,34-35,43,49-50,61-72,78,96,111H,9-10,19,26-27,32-33,36-42,44-48H2,1-8H3,(H2,95,112)(H,97,118)(H,98,113)(H,99,120)(H,100,121)(H,101,125)(H,102,123)(H,103,124)(H,104,119)(H,105,122)(H,114,115)(H,116,117)/t61-,62-,63-,64-,65-,66-,67-,68+,69-,70-,71-,72+,78-/m0/s1. The average Bonchev–Trinajstić information content (AvgIpc) is 1.29. The first-order valence-electron chi connectivity index (χ1n) is 43.2. The maximum Gasteiger partial charge on any atom is 0.305 e. The topological polar surface area (TPSA) is 517 Å². The maximum atomic E-state index is 15.7. The first-order chi connectivity index (χ1) is 62.7. The van der Waals surface area contributed by atoms with Crippen molar-refractivity contribution in [2.24, 2.45) is 17.6 Å². The number of carboxylic acid groups (broad SMARTS) is 2. The van der Waals surface area contributed by atoms with E-state index in [9.17, 15) is 58.1 Å². The van der Waals surface area contributed by atoms with Crippen LogP contribution < -0.4 is 53.6 Å². The number of nitrogens with one attached hydrogen (secondary N) is 10. The molecule has 0 radical (unpaired) electrons. The van der Waals surface area contributed by atoms with Gasteiger partial charge in [0.05, 0.1) is 31.0 Å². The zero-order chi connectivity index (χ0) is 96.5. The van der Waals surface area contributed by atoms with E-state index >= 15 is 51.9 Å². The molecule has 36 nitrogen and oxygen atoms in total. The van der Waals surface area contributed by atoms with Crippen LogP contribution in [0.15, 0.2) is 128 Å². The third-order valence-electron chi connectivity index (χ3n) is 23.0. The lowest BCUT2D eigenvalue weighted by atomic mass is 9.98. The number of phenolic OH excluding ortho intramolecular Hbond substituents is 1. The number of primary amides is 1. The molecule has 3 fully saturated rings. The molecule has 3 aliphatic rings. The van der Waals surface area contributed by atoms with Gasteiger partial charge >= 0.3 is 11.9 Å². The van der Waals surface area contributed by atoms with E-state index in [2.05, 4.69) is 52.8 Å². The molecule has 3 saturated heterocycles. The number of aromatic amines is 1. The number of amides is 15. The Kier molecular flexibility index (Phi) is 37.5. The van der Waals surface area contributed by atoms with Crippen LogP contribution in [0.4, 0.5) is 13.2 Å². The molecule has 0 unspecified atom stereocenters. The molecule has 0 saturated carbocycles. The van der Waals surface area contributed by atoms with Crippen LogP contribution in [0.2, 0.25) is 0 Å². The Hall–Kier alpha value is -13.1. The molecule has 15 N–H and O–H groups in total. The fourth-order valence-corrected chi connectivity index (χ4v) is 17.9. The SMILES string of the molecule is CCCC[C@H]1C(=O)N2CCC[C@@H]2C(=O)N[C@@H](CC(=O)O)C(=O)N[C@@H](C(C)C)C(=O)N(C)[C@@H](Cc2ccccc2)C(=O)N[C@@H](CC(=O)O)C(=O)N2CSC[C@@H]2C(=O)N[C@@H](Cc2c[nH]c3ccccc23)C(=O)N[C@@H](Cc2ccc(O)cc2)C(=O)N[C@@H](CC(C)C)C(=O)N[C@H](C(=O)NCC(N)=O)CSCC(=O)N[C@@H](Cc2cc(F)c(F)c(F)c2)C(=O)N(C)[C@@H](Cc2ccccc2)C(=O)N1C. The predicted molar refractivity (Wildman–Crippen MR) is 480 cm³/mol. The number of thioether (sulfide) groups is 2. The van der Waals surface area contributed by atoms with Crippen LogP contribution in [0.3, 0.4) is 0 Å². The number of hydrogen-bond acceptors (Lipinski definition) is 20. The molecular formula is C91H113F3N16O20S2. The number of nitrogens with two attached hydrogens (primary N) is 1. The summed E-state index contributed by atoms with van der Waals surface area (Å²) in [5.74, 6) is -26.9. The van der Waals surface area contributed by atoms with E-state index in [0.717, 1.165) is 36.3 Å². The number of fused-ring (bicyclic) bond motifs is 3. The number of aromatic nitrogens is 1. The minimum atomic E-state index is -1.98. The minimum absolute atomic E-state index is 0.0574. The molecule has 41 heteroatoms. The van der Waals surface area contributed by atoms with E-state index in [1.165, 1.54) is 59.3 Å². The number of aromatic hydroxyl groups is 1. The van der Waals surface area contributed by atoms with Gasteiger partial charge in [-0.15, -0.1) is 23.5 Å². The number of H-pyrrole nitrogens is 1. The summed E-state index contributed by atoms with van der Waals surface area (Å²) in [6.07, 6.45) is -2.10. The maximum absolute atomic E-state index is 15.7. The number of hydrogen-bond donors (Lipinski definition) is 14. The number of halogens is 3. The molecule has 9 rings (SSSR count). The summed E-state index contributed by atoms with van der Waals surface area (Å²) in [5, 5.41) is 54.9. The quantitative estimate of drug-likeness (QED) is 0.0409. The van der Waals surface area contributed by atoms with Gasteiger partial charge in [0, 0.05) is 88.4 Å². The van der Waals surface area contributed by atoms with E-state index in [4.69, 9.17) is 5.73 Å². The Morgan fingerprint density at radius 2 is 1.05 bits per heavy atom.